The van der Waals surface area contributed by atoms with E-state index in [1.54, 1.807) is 18.6 Å². The van der Waals surface area contributed by atoms with Crippen LogP contribution in [-0.2, 0) is 6.42 Å². The van der Waals surface area contributed by atoms with Crippen molar-refractivity contribution in [1.29, 1.82) is 0 Å². The summed E-state index contributed by atoms with van der Waals surface area (Å²) >= 11 is 0. The lowest BCUT2D eigenvalue weighted by atomic mass is 10.4. The van der Waals surface area contributed by atoms with Crippen LogP contribution in [0.3, 0.4) is 0 Å². The molecule has 82 valence electrons. The van der Waals surface area contributed by atoms with Crippen LogP contribution in [0, 0.1) is 0 Å². The van der Waals surface area contributed by atoms with Crippen molar-refractivity contribution in [3.05, 3.63) is 36.8 Å². The van der Waals surface area contributed by atoms with Crippen molar-refractivity contribution in [2.45, 2.75) is 13.3 Å². The second-order valence-corrected chi connectivity index (χ2v) is 3.09. The fourth-order valence-electron chi connectivity index (χ4n) is 1.31. The van der Waals surface area contributed by atoms with E-state index >= 15 is 0 Å². The van der Waals surface area contributed by atoms with Crippen LogP contribution in [0.25, 0.3) is 0 Å². The van der Waals surface area contributed by atoms with Crippen LogP contribution < -0.4 is 5.32 Å². The number of rotatable bonds is 2. The Labute approximate surface area is 92.4 Å². The zero-order valence-corrected chi connectivity index (χ0v) is 8.79. The van der Waals surface area contributed by atoms with Crippen LogP contribution in [0.4, 0.5) is 10.6 Å². The SMILES string of the molecule is CCc1nccn1C(=O)Nc1cnccn1. The molecular weight excluding hydrogens is 206 g/mol. The molecule has 6 nitrogen and oxygen atoms in total. The van der Waals surface area contributed by atoms with Gasteiger partial charge >= 0.3 is 6.03 Å². The van der Waals surface area contributed by atoms with Crippen molar-refractivity contribution in [3.63, 3.8) is 0 Å². The summed E-state index contributed by atoms with van der Waals surface area (Å²) in [4.78, 5) is 23.7. The molecule has 0 bridgehead atoms. The number of imidazole rings is 1. The molecule has 1 amide bonds. The van der Waals surface area contributed by atoms with Crippen LogP contribution in [0.5, 0.6) is 0 Å². The molecule has 0 aliphatic heterocycles. The summed E-state index contributed by atoms with van der Waals surface area (Å²) in [7, 11) is 0. The lowest BCUT2D eigenvalue weighted by Gasteiger charge is -2.05. The van der Waals surface area contributed by atoms with E-state index in [2.05, 4.69) is 20.3 Å². The molecule has 0 atom stereocenters. The number of hydrogen-bond donors (Lipinski definition) is 1. The molecule has 0 spiro atoms. The first-order valence-corrected chi connectivity index (χ1v) is 4.91. The zero-order chi connectivity index (χ0) is 11.4. The molecule has 0 aliphatic carbocycles. The molecule has 0 fully saturated rings. The van der Waals surface area contributed by atoms with Gasteiger partial charge in [-0.2, -0.15) is 0 Å². The van der Waals surface area contributed by atoms with E-state index in [4.69, 9.17) is 0 Å². The second kappa shape index (κ2) is 4.52. The van der Waals surface area contributed by atoms with Gasteiger partial charge in [-0.25, -0.2) is 14.8 Å². The van der Waals surface area contributed by atoms with Gasteiger partial charge in [-0.1, -0.05) is 6.92 Å². The van der Waals surface area contributed by atoms with E-state index in [1.807, 2.05) is 6.92 Å². The second-order valence-electron chi connectivity index (χ2n) is 3.09. The van der Waals surface area contributed by atoms with E-state index < -0.39 is 0 Å². The Hall–Kier alpha value is -2.24. The third-order valence-corrected chi connectivity index (χ3v) is 2.05. The molecular formula is C10H11N5O. The fourth-order valence-corrected chi connectivity index (χ4v) is 1.31. The van der Waals surface area contributed by atoms with Crippen molar-refractivity contribution < 1.29 is 4.79 Å². The Morgan fingerprint density at radius 1 is 1.38 bits per heavy atom. The maximum atomic E-state index is 11.8. The van der Waals surface area contributed by atoms with Crippen LogP contribution in [0.2, 0.25) is 0 Å². The molecule has 0 unspecified atom stereocenters. The Kier molecular flexibility index (Phi) is 2.90. The summed E-state index contributed by atoms with van der Waals surface area (Å²) in [6.07, 6.45) is 8.45. The minimum absolute atomic E-state index is 0.283. The Balaban J connectivity index is 2.15. The lowest BCUT2D eigenvalue weighted by molar-refractivity contribution is 0.252. The summed E-state index contributed by atoms with van der Waals surface area (Å²) in [6.45, 7) is 1.94. The van der Waals surface area contributed by atoms with Gasteiger partial charge in [-0.3, -0.25) is 14.9 Å². The monoisotopic (exact) mass is 217 g/mol. The highest BCUT2D eigenvalue weighted by Crippen LogP contribution is 2.02. The first-order valence-electron chi connectivity index (χ1n) is 4.91. The predicted molar refractivity (Wildman–Crippen MR) is 58.1 cm³/mol. The van der Waals surface area contributed by atoms with Gasteiger partial charge in [0.1, 0.15) is 5.82 Å². The third kappa shape index (κ3) is 2.05. The van der Waals surface area contributed by atoms with Crippen molar-refractivity contribution in [2.75, 3.05) is 5.32 Å². The highest BCUT2D eigenvalue weighted by molar-refractivity contribution is 5.90. The molecule has 16 heavy (non-hydrogen) atoms. The van der Waals surface area contributed by atoms with Crippen molar-refractivity contribution in [1.82, 2.24) is 19.5 Å². The van der Waals surface area contributed by atoms with Crippen LogP contribution in [-0.4, -0.2) is 25.6 Å². The van der Waals surface area contributed by atoms with Gasteiger partial charge in [0.2, 0.25) is 0 Å². The minimum Gasteiger partial charge on any atom is -0.290 e. The van der Waals surface area contributed by atoms with Crippen molar-refractivity contribution >= 4 is 11.8 Å². The topological polar surface area (TPSA) is 72.7 Å². The molecule has 2 rings (SSSR count). The van der Waals surface area contributed by atoms with E-state index in [9.17, 15) is 4.79 Å². The van der Waals surface area contributed by atoms with Gasteiger partial charge in [0.25, 0.3) is 0 Å². The summed E-state index contributed by atoms with van der Waals surface area (Å²) in [5, 5.41) is 2.63. The number of aromatic nitrogens is 4. The Bertz CT molecular complexity index is 479. The highest BCUT2D eigenvalue weighted by atomic mass is 16.2. The number of nitrogens with one attached hydrogen (secondary N) is 1. The van der Waals surface area contributed by atoms with E-state index in [0.29, 0.717) is 18.1 Å². The average molecular weight is 217 g/mol. The van der Waals surface area contributed by atoms with Crippen LogP contribution in [0.1, 0.15) is 12.7 Å². The molecule has 1 N–H and O–H groups in total. The molecule has 6 heteroatoms. The summed E-state index contributed by atoms with van der Waals surface area (Å²) < 4.78 is 1.45. The predicted octanol–water partition coefficient (Wildman–Crippen LogP) is 1.32. The molecule has 0 saturated heterocycles. The van der Waals surface area contributed by atoms with E-state index in [1.165, 1.54) is 17.0 Å². The van der Waals surface area contributed by atoms with Crippen molar-refractivity contribution in [3.8, 4) is 0 Å². The molecule has 2 aromatic heterocycles. The van der Waals surface area contributed by atoms with Crippen LogP contribution in [0.15, 0.2) is 31.0 Å². The molecule has 2 aromatic rings. The molecule has 0 aromatic carbocycles. The number of carbonyl (C=O) groups excluding carboxylic acids is 1. The van der Waals surface area contributed by atoms with Crippen LogP contribution >= 0.6 is 0 Å². The van der Waals surface area contributed by atoms with Gasteiger partial charge < -0.3 is 0 Å². The van der Waals surface area contributed by atoms with Crippen molar-refractivity contribution in [2.24, 2.45) is 0 Å². The Morgan fingerprint density at radius 3 is 2.94 bits per heavy atom. The maximum Gasteiger partial charge on any atom is 0.332 e. The number of amides is 1. The summed E-state index contributed by atoms with van der Waals surface area (Å²) in [5.41, 5.74) is 0. The van der Waals surface area contributed by atoms with E-state index in [0.717, 1.165) is 0 Å². The highest BCUT2D eigenvalue weighted by Gasteiger charge is 2.09. The largest absolute Gasteiger partial charge is 0.332 e. The van der Waals surface area contributed by atoms with Gasteiger partial charge in [0.15, 0.2) is 5.82 Å². The first kappa shape index (κ1) is 10.3. The number of anilines is 1. The zero-order valence-electron chi connectivity index (χ0n) is 8.79. The number of hydrogen-bond acceptors (Lipinski definition) is 4. The standard InChI is InChI=1S/C10H11N5O/c1-2-9-13-5-6-15(9)10(16)14-8-7-11-3-4-12-8/h3-7H,2H2,1H3,(H,12,14,16). The smallest absolute Gasteiger partial charge is 0.290 e. The van der Waals surface area contributed by atoms with Gasteiger partial charge in [-0.05, 0) is 0 Å². The van der Waals surface area contributed by atoms with Gasteiger partial charge in [-0.15, -0.1) is 0 Å². The number of aryl methyl sites for hydroxylation is 1. The quantitative estimate of drug-likeness (QED) is 0.823. The molecule has 0 saturated carbocycles. The van der Waals surface area contributed by atoms with Gasteiger partial charge in [0.05, 0.1) is 6.20 Å². The number of carbonyl (C=O) groups is 1. The Morgan fingerprint density at radius 2 is 2.25 bits per heavy atom. The normalized spacial score (nSPS) is 10.1. The lowest BCUT2D eigenvalue weighted by Crippen LogP contribution is -2.21. The fraction of sp³-hybridized carbons (Fsp3) is 0.200. The minimum atomic E-state index is -0.283. The maximum absolute atomic E-state index is 11.8. The molecule has 0 aliphatic rings. The molecule has 0 radical (unpaired) electrons. The first-order chi connectivity index (χ1) is 7.81. The van der Waals surface area contributed by atoms with Gasteiger partial charge in [0, 0.05) is 31.2 Å². The molecule has 2 heterocycles. The summed E-state index contributed by atoms with van der Waals surface area (Å²) in [5.74, 6) is 1.13. The summed E-state index contributed by atoms with van der Waals surface area (Å²) in [6, 6.07) is -0.283. The van der Waals surface area contributed by atoms with E-state index in [-0.39, 0.29) is 6.03 Å². The number of nitrogens with zero attached hydrogens (tertiary/aromatic N) is 4. The third-order valence-electron chi connectivity index (χ3n) is 2.05. The average Bonchev–Trinajstić information content (AvgIpc) is 2.78.